The number of hydrogen-bond acceptors (Lipinski definition) is 7. The lowest BCUT2D eigenvalue weighted by Gasteiger charge is -2.14. The molecule has 2 rings (SSSR count). The van der Waals surface area contributed by atoms with Crippen molar-refractivity contribution in [2.45, 2.75) is 40.0 Å². The topological polar surface area (TPSA) is 100 Å². The highest BCUT2D eigenvalue weighted by atomic mass is 32.2. The SMILES string of the molecule is CCCCOc1cc(/C=C(\OCC)C(=O)OCC)ccc1OCCc1ccc(NS(C)(=O)=O)cc1. The van der Waals surface area contributed by atoms with Gasteiger partial charge >= 0.3 is 5.97 Å². The van der Waals surface area contributed by atoms with Crippen LogP contribution in [0.1, 0.15) is 44.7 Å². The number of carbonyl (C=O) groups is 1. The molecule has 0 aliphatic carbocycles. The van der Waals surface area contributed by atoms with Crippen LogP contribution in [0.15, 0.2) is 48.2 Å². The van der Waals surface area contributed by atoms with E-state index in [0.29, 0.717) is 43.4 Å². The van der Waals surface area contributed by atoms with Gasteiger partial charge in [-0.15, -0.1) is 0 Å². The standard InChI is InChI=1S/C26H35NO7S/c1-5-8-16-33-24-18-21(19-25(31-6-2)26(28)32-7-3)11-14-23(24)34-17-15-20-9-12-22(13-10-20)27-35(4,29)30/h9-14,18-19,27H,5-8,15-17H2,1-4H3/b25-19-. The van der Waals surface area contributed by atoms with Crippen LogP contribution in [0.5, 0.6) is 11.5 Å². The first-order valence-electron chi connectivity index (χ1n) is 11.7. The zero-order valence-corrected chi connectivity index (χ0v) is 21.7. The maximum absolute atomic E-state index is 12.2. The third-order valence-electron chi connectivity index (χ3n) is 4.70. The first-order chi connectivity index (χ1) is 16.8. The molecule has 9 heteroatoms. The fraction of sp³-hybridized carbons (Fsp3) is 0.423. The molecule has 2 aromatic rings. The first-order valence-corrected chi connectivity index (χ1v) is 13.6. The van der Waals surface area contributed by atoms with E-state index in [9.17, 15) is 13.2 Å². The van der Waals surface area contributed by atoms with Crippen LogP contribution in [-0.4, -0.2) is 47.1 Å². The number of hydrogen-bond donors (Lipinski definition) is 1. The van der Waals surface area contributed by atoms with Crippen LogP contribution in [0.4, 0.5) is 5.69 Å². The van der Waals surface area contributed by atoms with Crippen molar-refractivity contribution in [3.63, 3.8) is 0 Å². The highest BCUT2D eigenvalue weighted by Gasteiger charge is 2.13. The van der Waals surface area contributed by atoms with E-state index >= 15 is 0 Å². The van der Waals surface area contributed by atoms with Crippen molar-refractivity contribution in [1.29, 1.82) is 0 Å². The average Bonchev–Trinajstić information content (AvgIpc) is 2.80. The zero-order valence-electron chi connectivity index (χ0n) is 20.8. The van der Waals surface area contributed by atoms with Gasteiger partial charge in [-0.2, -0.15) is 0 Å². The fourth-order valence-electron chi connectivity index (χ4n) is 3.07. The number of nitrogens with one attached hydrogen (secondary N) is 1. The number of sulfonamides is 1. The molecule has 35 heavy (non-hydrogen) atoms. The predicted molar refractivity (Wildman–Crippen MR) is 137 cm³/mol. The zero-order chi connectivity index (χ0) is 25.7. The first kappa shape index (κ1) is 28.0. The molecule has 0 amide bonds. The Labute approximate surface area is 208 Å². The minimum absolute atomic E-state index is 0.135. The Kier molecular flexibility index (Phi) is 11.4. The van der Waals surface area contributed by atoms with Gasteiger partial charge in [-0.05, 0) is 61.7 Å². The Hall–Kier alpha value is -3.20. The number of esters is 1. The second-order valence-electron chi connectivity index (χ2n) is 7.74. The van der Waals surface area contributed by atoms with Crippen LogP contribution < -0.4 is 14.2 Å². The van der Waals surface area contributed by atoms with Crippen molar-refractivity contribution >= 4 is 27.8 Å². The minimum Gasteiger partial charge on any atom is -0.490 e. The number of carbonyl (C=O) groups excluding carboxylic acids is 1. The van der Waals surface area contributed by atoms with Crippen molar-refractivity contribution in [3.8, 4) is 11.5 Å². The highest BCUT2D eigenvalue weighted by Crippen LogP contribution is 2.30. The Morgan fingerprint density at radius 1 is 0.914 bits per heavy atom. The number of anilines is 1. The molecular formula is C26H35NO7S. The van der Waals surface area contributed by atoms with Gasteiger partial charge in [0.05, 0.1) is 32.7 Å². The van der Waals surface area contributed by atoms with Crippen LogP contribution in [-0.2, 0) is 30.7 Å². The van der Waals surface area contributed by atoms with Crippen LogP contribution in [0.3, 0.4) is 0 Å². The van der Waals surface area contributed by atoms with E-state index in [-0.39, 0.29) is 12.4 Å². The largest absolute Gasteiger partial charge is 0.490 e. The van der Waals surface area contributed by atoms with Crippen LogP contribution in [0, 0.1) is 0 Å². The summed E-state index contributed by atoms with van der Waals surface area (Å²) in [7, 11) is -3.31. The Balaban J connectivity index is 2.12. The molecule has 0 radical (unpaired) electrons. The molecule has 0 aromatic heterocycles. The quantitative estimate of drug-likeness (QED) is 0.161. The smallest absolute Gasteiger partial charge is 0.373 e. The summed E-state index contributed by atoms with van der Waals surface area (Å²) in [4.78, 5) is 12.2. The third-order valence-corrected chi connectivity index (χ3v) is 5.31. The second-order valence-corrected chi connectivity index (χ2v) is 9.49. The lowest BCUT2D eigenvalue weighted by atomic mass is 10.1. The summed E-state index contributed by atoms with van der Waals surface area (Å²) < 4.78 is 47.6. The molecule has 0 aliphatic heterocycles. The van der Waals surface area contributed by atoms with E-state index in [0.717, 1.165) is 30.2 Å². The Morgan fingerprint density at radius 2 is 1.60 bits per heavy atom. The van der Waals surface area contributed by atoms with Crippen molar-refractivity contribution < 1.29 is 32.2 Å². The molecule has 0 aliphatic rings. The summed E-state index contributed by atoms with van der Waals surface area (Å²) in [5.41, 5.74) is 2.25. The van der Waals surface area contributed by atoms with E-state index in [2.05, 4.69) is 11.6 Å². The van der Waals surface area contributed by atoms with Crippen LogP contribution in [0.25, 0.3) is 6.08 Å². The maximum atomic E-state index is 12.2. The van der Waals surface area contributed by atoms with Crippen LogP contribution >= 0.6 is 0 Å². The lowest BCUT2D eigenvalue weighted by molar-refractivity contribution is -0.142. The summed E-state index contributed by atoms with van der Waals surface area (Å²) >= 11 is 0. The molecule has 0 saturated heterocycles. The second kappa shape index (κ2) is 14.3. The number of rotatable bonds is 15. The Morgan fingerprint density at radius 3 is 2.23 bits per heavy atom. The van der Waals surface area contributed by atoms with Gasteiger partial charge in [0, 0.05) is 12.1 Å². The average molecular weight is 506 g/mol. The maximum Gasteiger partial charge on any atom is 0.373 e. The fourth-order valence-corrected chi connectivity index (χ4v) is 3.64. The molecule has 0 spiro atoms. The van der Waals surface area contributed by atoms with Crippen molar-refractivity contribution in [2.24, 2.45) is 0 Å². The van der Waals surface area contributed by atoms with E-state index in [1.807, 2.05) is 24.3 Å². The van der Waals surface area contributed by atoms with Crippen molar-refractivity contribution in [2.75, 3.05) is 37.4 Å². The van der Waals surface area contributed by atoms with Gasteiger partial charge in [0.25, 0.3) is 0 Å². The van der Waals surface area contributed by atoms with E-state index in [1.165, 1.54) is 0 Å². The molecule has 0 bridgehead atoms. The van der Waals surface area contributed by atoms with Gasteiger partial charge in [-0.25, -0.2) is 13.2 Å². The van der Waals surface area contributed by atoms with Gasteiger partial charge in [-0.1, -0.05) is 31.5 Å². The van der Waals surface area contributed by atoms with Gasteiger partial charge in [0.2, 0.25) is 15.8 Å². The molecule has 0 atom stereocenters. The molecular weight excluding hydrogens is 470 g/mol. The highest BCUT2D eigenvalue weighted by molar-refractivity contribution is 7.92. The minimum atomic E-state index is -3.31. The normalized spacial score (nSPS) is 11.6. The monoisotopic (exact) mass is 505 g/mol. The number of benzene rings is 2. The van der Waals surface area contributed by atoms with Gasteiger partial charge < -0.3 is 18.9 Å². The third kappa shape index (κ3) is 10.3. The number of unbranched alkanes of at least 4 members (excludes halogenated alkanes) is 1. The summed E-state index contributed by atoms with van der Waals surface area (Å²) in [6.45, 7) is 7.20. The summed E-state index contributed by atoms with van der Waals surface area (Å²) in [5, 5.41) is 0. The molecule has 0 saturated carbocycles. The predicted octanol–water partition coefficient (Wildman–Crippen LogP) is 4.80. The van der Waals surface area contributed by atoms with Gasteiger partial charge in [0.1, 0.15) is 0 Å². The summed E-state index contributed by atoms with van der Waals surface area (Å²) in [5.74, 6) is 0.805. The van der Waals surface area contributed by atoms with Gasteiger partial charge in [-0.3, -0.25) is 4.72 Å². The van der Waals surface area contributed by atoms with E-state index < -0.39 is 16.0 Å². The summed E-state index contributed by atoms with van der Waals surface area (Å²) in [6.07, 6.45) is 5.28. The number of ether oxygens (including phenoxy) is 4. The van der Waals surface area contributed by atoms with E-state index in [1.54, 1.807) is 38.1 Å². The van der Waals surface area contributed by atoms with Crippen LogP contribution in [0.2, 0.25) is 0 Å². The van der Waals surface area contributed by atoms with Crippen molar-refractivity contribution in [3.05, 3.63) is 59.4 Å². The molecule has 8 nitrogen and oxygen atoms in total. The Bertz CT molecular complexity index is 1080. The molecule has 0 heterocycles. The molecule has 192 valence electrons. The molecule has 2 aromatic carbocycles. The summed E-state index contributed by atoms with van der Waals surface area (Å²) in [6, 6.07) is 12.6. The molecule has 0 fully saturated rings. The van der Waals surface area contributed by atoms with Gasteiger partial charge in [0.15, 0.2) is 11.5 Å². The van der Waals surface area contributed by atoms with E-state index in [4.69, 9.17) is 18.9 Å². The molecule has 1 N–H and O–H groups in total. The lowest BCUT2D eigenvalue weighted by Crippen LogP contribution is -2.10. The molecule has 0 unspecified atom stereocenters. The van der Waals surface area contributed by atoms with Crippen molar-refractivity contribution in [1.82, 2.24) is 0 Å².